The second-order valence-electron chi connectivity index (χ2n) is 5.31. The number of nitrogens with zero attached hydrogens (tertiary/aromatic N) is 1. The highest BCUT2D eigenvalue weighted by Gasteiger charge is 2.31. The van der Waals surface area contributed by atoms with E-state index < -0.39 is 27.8 Å². The molecule has 2 rings (SSSR count). The van der Waals surface area contributed by atoms with Crippen molar-refractivity contribution in [3.63, 3.8) is 0 Å². The van der Waals surface area contributed by atoms with Gasteiger partial charge in [0.15, 0.2) is 0 Å². The van der Waals surface area contributed by atoms with Crippen molar-refractivity contribution in [2.75, 3.05) is 15.9 Å². The van der Waals surface area contributed by atoms with Gasteiger partial charge in [-0.15, -0.1) is 0 Å². The van der Waals surface area contributed by atoms with Gasteiger partial charge in [-0.2, -0.15) is 0 Å². The van der Waals surface area contributed by atoms with Crippen LogP contribution >= 0.6 is 0 Å². The van der Waals surface area contributed by atoms with Crippen molar-refractivity contribution < 1.29 is 17.6 Å². The number of carbonyl (C=O) groups excluding carboxylic acids is 1. The van der Waals surface area contributed by atoms with Crippen LogP contribution in [0.15, 0.2) is 54.6 Å². The minimum Gasteiger partial charge on any atom is -0.324 e. The van der Waals surface area contributed by atoms with Gasteiger partial charge in [-0.25, -0.2) is 12.8 Å². The Bertz CT molecular complexity index is 792. The van der Waals surface area contributed by atoms with Crippen LogP contribution in [0.1, 0.15) is 13.3 Å². The van der Waals surface area contributed by atoms with Gasteiger partial charge in [0.05, 0.1) is 11.9 Å². The second-order valence-corrected chi connectivity index (χ2v) is 7.17. The number of halogens is 1. The first kappa shape index (κ1) is 17.9. The van der Waals surface area contributed by atoms with Crippen molar-refractivity contribution in [1.82, 2.24) is 0 Å². The van der Waals surface area contributed by atoms with Crippen LogP contribution in [0.25, 0.3) is 0 Å². The van der Waals surface area contributed by atoms with E-state index in [1.54, 1.807) is 31.2 Å². The van der Waals surface area contributed by atoms with Crippen molar-refractivity contribution in [2.24, 2.45) is 0 Å². The van der Waals surface area contributed by atoms with Crippen LogP contribution < -0.4 is 9.62 Å². The molecule has 0 aliphatic heterocycles. The molecule has 5 nitrogen and oxygen atoms in total. The molecule has 24 heavy (non-hydrogen) atoms. The maximum absolute atomic E-state index is 13.1. The molecule has 1 atom stereocenters. The number of rotatable bonds is 6. The van der Waals surface area contributed by atoms with E-state index >= 15 is 0 Å². The van der Waals surface area contributed by atoms with Gasteiger partial charge in [0, 0.05) is 5.69 Å². The Labute approximate surface area is 141 Å². The third-order valence-electron chi connectivity index (χ3n) is 3.45. The Hall–Kier alpha value is -2.41. The van der Waals surface area contributed by atoms with Crippen LogP contribution in [0.3, 0.4) is 0 Å². The van der Waals surface area contributed by atoms with Crippen molar-refractivity contribution >= 4 is 27.3 Å². The summed E-state index contributed by atoms with van der Waals surface area (Å²) in [5.74, 6) is -0.924. The third-order valence-corrected chi connectivity index (χ3v) is 4.63. The van der Waals surface area contributed by atoms with Crippen LogP contribution in [0.5, 0.6) is 0 Å². The predicted octanol–water partition coefficient (Wildman–Crippen LogP) is 3.01. The molecule has 0 radical (unpaired) electrons. The number of carbonyl (C=O) groups is 1. The van der Waals surface area contributed by atoms with Gasteiger partial charge in [-0.1, -0.05) is 25.1 Å². The van der Waals surface area contributed by atoms with Gasteiger partial charge >= 0.3 is 0 Å². The molecule has 0 spiro atoms. The molecule has 128 valence electrons. The zero-order valence-electron chi connectivity index (χ0n) is 13.4. The number of anilines is 2. The lowest BCUT2D eigenvalue weighted by Gasteiger charge is -2.30. The first-order valence-corrected chi connectivity index (χ1v) is 9.28. The first-order chi connectivity index (χ1) is 11.3. The van der Waals surface area contributed by atoms with Crippen LogP contribution in [0, 0.1) is 5.82 Å². The van der Waals surface area contributed by atoms with E-state index in [2.05, 4.69) is 5.32 Å². The standard InChI is InChI=1S/C17H19FN2O3S/c1-3-16(17(21)19-14-7-5-4-6-8-14)20(24(2,22)23)15-11-9-13(18)10-12-15/h4-12,16H,3H2,1-2H3,(H,19,21)/t16-/m1/s1. The molecule has 0 aliphatic carbocycles. The molecule has 1 N–H and O–H groups in total. The zero-order chi connectivity index (χ0) is 17.7. The Balaban J connectivity index is 2.35. The van der Waals surface area contributed by atoms with Crippen LogP contribution in [-0.4, -0.2) is 26.6 Å². The smallest absolute Gasteiger partial charge is 0.248 e. The first-order valence-electron chi connectivity index (χ1n) is 7.44. The molecule has 0 bridgehead atoms. The maximum atomic E-state index is 13.1. The number of amides is 1. The molecule has 7 heteroatoms. The molecule has 0 unspecified atom stereocenters. The average Bonchev–Trinajstić information content (AvgIpc) is 2.53. The van der Waals surface area contributed by atoms with E-state index in [4.69, 9.17) is 0 Å². The minimum absolute atomic E-state index is 0.244. The fraction of sp³-hybridized carbons (Fsp3) is 0.235. The molecule has 1 amide bonds. The Morgan fingerprint density at radius 2 is 1.71 bits per heavy atom. The lowest BCUT2D eigenvalue weighted by molar-refractivity contribution is -0.117. The fourth-order valence-corrected chi connectivity index (χ4v) is 3.61. The van der Waals surface area contributed by atoms with Gasteiger partial charge in [-0.05, 0) is 42.8 Å². The topological polar surface area (TPSA) is 66.5 Å². The predicted molar refractivity (Wildman–Crippen MR) is 92.9 cm³/mol. The van der Waals surface area contributed by atoms with E-state index in [0.29, 0.717) is 5.69 Å². The number of hydrogen-bond donors (Lipinski definition) is 1. The largest absolute Gasteiger partial charge is 0.324 e. The van der Waals surface area contributed by atoms with Crippen molar-refractivity contribution in [2.45, 2.75) is 19.4 Å². The van der Waals surface area contributed by atoms with Crippen LogP contribution in [0.4, 0.5) is 15.8 Å². The van der Waals surface area contributed by atoms with Crippen molar-refractivity contribution in [3.05, 3.63) is 60.4 Å². The normalized spacial score (nSPS) is 12.5. The van der Waals surface area contributed by atoms with Crippen LogP contribution in [-0.2, 0) is 14.8 Å². The van der Waals surface area contributed by atoms with E-state index in [1.165, 1.54) is 12.1 Å². The molecule has 2 aromatic rings. The number of hydrogen-bond acceptors (Lipinski definition) is 3. The third kappa shape index (κ3) is 4.32. The summed E-state index contributed by atoms with van der Waals surface area (Å²) in [5.41, 5.74) is 0.822. The summed E-state index contributed by atoms with van der Waals surface area (Å²) in [6, 6.07) is 12.9. The monoisotopic (exact) mass is 350 g/mol. The number of sulfonamides is 1. The van der Waals surface area contributed by atoms with Gasteiger partial charge in [0.25, 0.3) is 0 Å². The Morgan fingerprint density at radius 1 is 1.12 bits per heavy atom. The molecular formula is C17H19FN2O3S. The number of benzene rings is 2. The molecule has 0 heterocycles. The van der Waals surface area contributed by atoms with E-state index in [9.17, 15) is 17.6 Å². The van der Waals surface area contributed by atoms with Crippen molar-refractivity contribution in [3.8, 4) is 0 Å². The number of para-hydroxylation sites is 1. The van der Waals surface area contributed by atoms with Gasteiger partial charge in [0.2, 0.25) is 15.9 Å². The SMILES string of the molecule is CC[C@H](C(=O)Nc1ccccc1)N(c1ccc(F)cc1)S(C)(=O)=O. The fourth-order valence-electron chi connectivity index (χ4n) is 2.40. The van der Waals surface area contributed by atoms with Gasteiger partial charge in [0.1, 0.15) is 11.9 Å². The van der Waals surface area contributed by atoms with Gasteiger partial charge < -0.3 is 5.32 Å². The molecule has 0 aromatic heterocycles. The van der Waals surface area contributed by atoms with Crippen molar-refractivity contribution in [1.29, 1.82) is 0 Å². The quantitative estimate of drug-likeness (QED) is 0.871. The summed E-state index contributed by atoms with van der Waals surface area (Å²) in [6.45, 7) is 1.72. The lowest BCUT2D eigenvalue weighted by atomic mass is 10.2. The maximum Gasteiger partial charge on any atom is 0.248 e. The summed E-state index contributed by atoms with van der Waals surface area (Å²) in [7, 11) is -3.73. The Morgan fingerprint density at radius 3 is 2.21 bits per heavy atom. The highest BCUT2D eigenvalue weighted by atomic mass is 32.2. The molecule has 0 fully saturated rings. The second kappa shape index (κ2) is 7.44. The average molecular weight is 350 g/mol. The summed E-state index contributed by atoms with van der Waals surface area (Å²) < 4.78 is 38.6. The van der Waals surface area contributed by atoms with Crippen LogP contribution in [0.2, 0.25) is 0 Å². The molecule has 0 saturated heterocycles. The molecule has 2 aromatic carbocycles. The van der Waals surface area contributed by atoms with E-state index in [1.807, 2.05) is 6.07 Å². The summed E-state index contributed by atoms with van der Waals surface area (Å²) in [5, 5.41) is 2.71. The zero-order valence-corrected chi connectivity index (χ0v) is 14.3. The minimum atomic E-state index is -3.73. The van der Waals surface area contributed by atoms with E-state index in [0.717, 1.165) is 22.7 Å². The molecule has 0 aliphatic rings. The summed E-state index contributed by atoms with van der Waals surface area (Å²) in [4.78, 5) is 12.6. The number of nitrogens with one attached hydrogen (secondary N) is 1. The highest BCUT2D eigenvalue weighted by Crippen LogP contribution is 2.23. The summed E-state index contributed by atoms with van der Waals surface area (Å²) >= 11 is 0. The van der Waals surface area contributed by atoms with Gasteiger partial charge in [-0.3, -0.25) is 9.10 Å². The highest BCUT2D eigenvalue weighted by molar-refractivity contribution is 7.92. The Kier molecular flexibility index (Phi) is 5.56. The summed E-state index contributed by atoms with van der Waals surface area (Å²) in [6.07, 6.45) is 1.29. The molecule has 0 saturated carbocycles. The lowest BCUT2D eigenvalue weighted by Crippen LogP contribution is -2.47. The van der Waals surface area contributed by atoms with E-state index in [-0.39, 0.29) is 12.1 Å². The molecular weight excluding hydrogens is 331 g/mol.